The van der Waals surface area contributed by atoms with Crippen LogP contribution in [-0.2, 0) is 27.2 Å². The quantitative estimate of drug-likeness (QED) is 0.331. The van der Waals surface area contributed by atoms with E-state index >= 15 is 0 Å². The highest BCUT2D eigenvalue weighted by Gasteiger charge is 2.30. The van der Waals surface area contributed by atoms with Crippen LogP contribution in [0.15, 0.2) is 29.4 Å². The molecule has 1 heterocycles. The van der Waals surface area contributed by atoms with Crippen LogP contribution in [0.2, 0.25) is 0 Å². The number of hydrogen-bond acceptors (Lipinski definition) is 6. The maximum absolute atomic E-state index is 12.5. The van der Waals surface area contributed by atoms with Gasteiger partial charge in [-0.05, 0) is 50.2 Å². The molecule has 2 amide bonds. The first-order valence-electron chi connectivity index (χ1n) is 9.91. The summed E-state index contributed by atoms with van der Waals surface area (Å²) in [6.07, 6.45) is 4.02. The molecule has 1 aliphatic carbocycles. The molecule has 0 fully saturated rings. The van der Waals surface area contributed by atoms with Gasteiger partial charge in [0.25, 0.3) is 0 Å². The first kappa shape index (κ1) is 21.7. The van der Waals surface area contributed by atoms with Gasteiger partial charge in [-0.3, -0.25) is 9.59 Å². The molecule has 158 valence electrons. The van der Waals surface area contributed by atoms with Crippen molar-refractivity contribution in [3.05, 3.63) is 51.4 Å². The van der Waals surface area contributed by atoms with Gasteiger partial charge in [0.15, 0.2) is 0 Å². The van der Waals surface area contributed by atoms with E-state index in [0.717, 1.165) is 40.8 Å². The van der Waals surface area contributed by atoms with Crippen molar-refractivity contribution in [2.45, 2.75) is 40.0 Å². The lowest BCUT2D eigenvalue weighted by Crippen LogP contribution is -2.32. The van der Waals surface area contributed by atoms with Crippen molar-refractivity contribution in [2.24, 2.45) is 11.0 Å². The molecule has 7 nitrogen and oxygen atoms in total. The van der Waals surface area contributed by atoms with Gasteiger partial charge in [0.1, 0.15) is 5.00 Å². The third-order valence-electron chi connectivity index (χ3n) is 4.88. The Labute approximate surface area is 179 Å². The summed E-state index contributed by atoms with van der Waals surface area (Å²) in [6, 6.07) is 7.56. The number of ether oxygens (including phenoxy) is 1. The molecule has 3 rings (SSSR count). The fraction of sp³-hybridized carbons (Fsp3) is 0.364. The number of hydrazone groups is 1. The van der Waals surface area contributed by atoms with E-state index in [0.29, 0.717) is 16.5 Å². The number of anilines is 1. The highest BCUT2D eigenvalue weighted by molar-refractivity contribution is 7.17. The largest absolute Gasteiger partial charge is 0.462 e. The number of thiophene rings is 1. The van der Waals surface area contributed by atoms with Gasteiger partial charge >= 0.3 is 17.8 Å². The summed E-state index contributed by atoms with van der Waals surface area (Å²) >= 11 is 1.34. The molecule has 0 radical (unpaired) electrons. The normalized spacial score (nSPS) is 15.5. The number of carbonyl (C=O) groups excluding carboxylic acids is 3. The molecule has 0 saturated heterocycles. The number of rotatable bonds is 5. The third-order valence-corrected chi connectivity index (χ3v) is 6.05. The average Bonchev–Trinajstić information content (AvgIpc) is 3.06. The maximum Gasteiger partial charge on any atom is 0.341 e. The minimum Gasteiger partial charge on any atom is -0.462 e. The molecule has 1 aromatic heterocycles. The summed E-state index contributed by atoms with van der Waals surface area (Å²) in [5.74, 6) is -1.76. The zero-order valence-corrected chi connectivity index (χ0v) is 18.1. The zero-order valence-electron chi connectivity index (χ0n) is 17.3. The van der Waals surface area contributed by atoms with Crippen molar-refractivity contribution >= 4 is 40.3 Å². The Morgan fingerprint density at radius 2 is 1.97 bits per heavy atom. The van der Waals surface area contributed by atoms with Crippen LogP contribution >= 0.6 is 11.3 Å². The highest BCUT2D eigenvalue weighted by Crippen LogP contribution is 2.40. The van der Waals surface area contributed by atoms with Gasteiger partial charge in [0.2, 0.25) is 0 Å². The van der Waals surface area contributed by atoms with Gasteiger partial charge in [-0.25, -0.2) is 10.2 Å². The SMILES string of the molecule is CCOC(=O)c1c(NC(=O)C(=O)N/N=C\c2ccc(C)cc2)sc2c1CC[C@H](C)C2. The van der Waals surface area contributed by atoms with E-state index in [9.17, 15) is 14.4 Å². The Morgan fingerprint density at radius 3 is 2.67 bits per heavy atom. The number of nitrogens with one attached hydrogen (secondary N) is 2. The number of fused-ring (bicyclic) bond motifs is 1. The molecule has 0 bridgehead atoms. The van der Waals surface area contributed by atoms with Crippen LogP contribution in [0.25, 0.3) is 0 Å². The number of amides is 2. The third kappa shape index (κ3) is 5.13. The molecule has 0 unspecified atom stereocenters. The Bertz CT molecular complexity index is 979. The lowest BCUT2D eigenvalue weighted by molar-refractivity contribution is -0.136. The van der Waals surface area contributed by atoms with Crippen molar-refractivity contribution in [3.63, 3.8) is 0 Å². The summed E-state index contributed by atoms with van der Waals surface area (Å²) < 4.78 is 5.18. The van der Waals surface area contributed by atoms with Gasteiger partial charge in [0, 0.05) is 4.88 Å². The second kappa shape index (κ2) is 9.67. The van der Waals surface area contributed by atoms with Crippen molar-refractivity contribution < 1.29 is 19.1 Å². The molecular weight excluding hydrogens is 402 g/mol. The molecule has 30 heavy (non-hydrogen) atoms. The molecule has 1 atom stereocenters. The molecule has 2 N–H and O–H groups in total. The number of carbonyl (C=O) groups is 3. The van der Waals surface area contributed by atoms with Crippen LogP contribution in [0.4, 0.5) is 5.00 Å². The summed E-state index contributed by atoms with van der Waals surface area (Å²) in [5.41, 5.74) is 5.41. The van der Waals surface area contributed by atoms with Crippen LogP contribution in [-0.4, -0.2) is 30.6 Å². The van der Waals surface area contributed by atoms with Gasteiger partial charge in [-0.1, -0.05) is 36.8 Å². The highest BCUT2D eigenvalue weighted by atomic mass is 32.1. The molecule has 1 aromatic carbocycles. The number of hydrogen-bond donors (Lipinski definition) is 2. The second-order valence-corrected chi connectivity index (χ2v) is 8.45. The van der Waals surface area contributed by atoms with E-state index in [2.05, 4.69) is 22.8 Å². The maximum atomic E-state index is 12.5. The summed E-state index contributed by atoms with van der Waals surface area (Å²) in [7, 11) is 0. The van der Waals surface area contributed by atoms with Gasteiger partial charge < -0.3 is 10.1 Å². The molecule has 0 saturated carbocycles. The fourth-order valence-electron chi connectivity index (χ4n) is 3.29. The summed E-state index contributed by atoms with van der Waals surface area (Å²) in [4.78, 5) is 38.1. The monoisotopic (exact) mass is 427 g/mol. The van der Waals surface area contributed by atoms with E-state index < -0.39 is 17.8 Å². The van der Waals surface area contributed by atoms with Gasteiger partial charge in [-0.15, -0.1) is 11.3 Å². The topological polar surface area (TPSA) is 96.9 Å². The zero-order chi connectivity index (χ0) is 21.7. The molecule has 0 spiro atoms. The van der Waals surface area contributed by atoms with Crippen LogP contribution in [0.3, 0.4) is 0 Å². The first-order valence-corrected chi connectivity index (χ1v) is 10.7. The van der Waals surface area contributed by atoms with Crippen molar-refractivity contribution in [1.82, 2.24) is 5.43 Å². The minimum absolute atomic E-state index is 0.238. The number of nitrogens with zero attached hydrogens (tertiary/aromatic N) is 1. The predicted octanol–water partition coefficient (Wildman–Crippen LogP) is 3.45. The van der Waals surface area contributed by atoms with E-state index in [1.54, 1.807) is 6.92 Å². The molecule has 1 aliphatic rings. The van der Waals surface area contributed by atoms with Crippen molar-refractivity contribution in [3.8, 4) is 0 Å². The Kier molecular flexibility index (Phi) is 6.99. The lowest BCUT2D eigenvalue weighted by atomic mass is 9.88. The predicted molar refractivity (Wildman–Crippen MR) is 117 cm³/mol. The molecule has 8 heteroatoms. The molecule has 0 aliphatic heterocycles. The average molecular weight is 428 g/mol. The number of benzene rings is 1. The van der Waals surface area contributed by atoms with E-state index in [1.165, 1.54) is 17.6 Å². The number of aryl methyl sites for hydroxylation is 1. The van der Waals surface area contributed by atoms with E-state index in [-0.39, 0.29) is 6.61 Å². The van der Waals surface area contributed by atoms with Gasteiger partial charge in [0.05, 0.1) is 18.4 Å². The van der Waals surface area contributed by atoms with E-state index in [1.807, 2.05) is 31.2 Å². The molecular formula is C22H25N3O4S. The summed E-state index contributed by atoms with van der Waals surface area (Å²) in [5, 5.41) is 6.75. The van der Waals surface area contributed by atoms with Crippen LogP contribution in [0.5, 0.6) is 0 Å². The smallest absolute Gasteiger partial charge is 0.341 e. The second-order valence-electron chi connectivity index (χ2n) is 7.34. The minimum atomic E-state index is -0.909. The van der Waals surface area contributed by atoms with Gasteiger partial charge in [-0.2, -0.15) is 5.10 Å². The fourth-order valence-corrected chi connectivity index (χ4v) is 4.68. The first-order chi connectivity index (χ1) is 14.4. The van der Waals surface area contributed by atoms with Crippen molar-refractivity contribution in [2.75, 3.05) is 11.9 Å². The van der Waals surface area contributed by atoms with E-state index in [4.69, 9.17) is 4.74 Å². The van der Waals surface area contributed by atoms with Crippen LogP contribution in [0.1, 0.15) is 52.2 Å². The standard InChI is InChI=1S/C22H25N3O4S/c1-4-29-22(28)18-16-10-7-14(3)11-17(16)30-21(18)24-19(26)20(27)25-23-12-15-8-5-13(2)6-9-15/h5-6,8-9,12,14H,4,7,10-11H2,1-3H3,(H,24,26)(H,25,27)/b23-12-/t14-/m0/s1. The van der Waals surface area contributed by atoms with Crippen molar-refractivity contribution in [1.29, 1.82) is 0 Å². The van der Waals surface area contributed by atoms with Crippen LogP contribution in [0, 0.1) is 12.8 Å². The Hall–Kier alpha value is -3.00. The number of esters is 1. The Balaban J connectivity index is 1.71. The van der Waals surface area contributed by atoms with Crippen LogP contribution < -0.4 is 10.7 Å². The lowest BCUT2D eigenvalue weighted by Gasteiger charge is -2.18. The Morgan fingerprint density at radius 1 is 1.23 bits per heavy atom. The molecule has 2 aromatic rings. The summed E-state index contributed by atoms with van der Waals surface area (Å²) in [6.45, 7) is 6.10.